The number of alkyl halides is 3. The molecule has 0 spiro atoms. The number of aromatic nitrogens is 1. The number of pyridine rings is 1. The second-order valence-electron chi connectivity index (χ2n) is 3.98. The zero-order valence-electron chi connectivity index (χ0n) is 9.83. The third kappa shape index (κ3) is 3.61. The van der Waals surface area contributed by atoms with Crippen molar-refractivity contribution in [3.05, 3.63) is 45.2 Å². The molecule has 0 saturated carbocycles. The van der Waals surface area contributed by atoms with E-state index in [1.807, 2.05) is 23.8 Å². The summed E-state index contributed by atoms with van der Waals surface area (Å²) in [5, 5.41) is 6.55. The van der Waals surface area contributed by atoms with E-state index in [1.54, 1.807) is 0 Å². The number of thiophene rings is 1. The molecule has 19 heavy (non-hydrogen) atoms. The lowest BCUT2D eigenvalue weighted by Gasteiger charge is -2.15. The Kier molecular flexibility index (Phi) is 4.01. The Morgan fingerprint density at radius 2 is 2.11 bits per heavy atom. The monoisotopic (exact) mass is 306 g/mol. The fourth-order valence-electron chi connectivity index (χ4n) is 1.56. The van der Waals surface area contributed by atoms with Gasteiger partial charge >= 0.3 is 6.18 Å². The van der Waals surface area contributed by atoms with Crippen LogP contribution < -0.4 is 5.32 Å². The maximum atomic E-state index is 12.6. The molecule has 2 heterocycles. The van der Waals surface area contributed by atoms with Crippen LogP contribution >= 0.6 is 22.9 Å². The van der Waals surface area contributed by atoms with E-state index in [2.05, 4.69) is 10.3 Å². The molecular formula is C12H10ClF3N2S. The Bertz CT molecular complexity index is 555. The topological polar surface area (TPSA) is 24.9 Å². The van der Waals surface area contributed by atoms with Gasteiger partial charge in [-0.3, -0.25) is 0 Å². The maximum absolute atomic E-state index is 12.6. The molecule has 2 aromatic rings. The molecular weight excluding hydrogens is 297 g/mol. The molecule has 1 unspecified atom stereocenters. The summed E-state index contributed by atoms with van der Waals surface area (Å²) in [6, 6.07) is 3.52. The third-order valence-corrected chi connectivity index (χ3v) is 3.42. The van der Waals surface area contributed by atoms with Crippen molar-refractivity contribution in [1.29, 1.82) is 0 Å². The summed E-state index contributed by atoms with van der Waals surface area (Å²) in [6.07, 6.45) is -4.44. The summed E-state index contributed by atoms with van der Waals surface area (Å²) >= 11 is 7.14. The van der Waals surface area contributed by atoms with E-state index in [1.165, 1.54) is 11.3 Å². The number of rotatable bonds is 3. The van der Waals surface area contributed by atoms with E-state index in [0.29, 0.717) is 0 Å². The first-order valence-corrected chi connectivity index (χ1v) is 6.72. The van der Waals surface area contributed by atoms with Gasteiger partial charge in [-0.2, -0.15) is 24.5 Å². The van der Waals surface area contributed by atoms with Crippen LogP contribution in [0.4, 0.5) is 19.0 Å². The summed E-state index contributed by atoms with van der Waals surface area (Å²) in [5.74, 6) is 0.110. The van der Waals surface area contributed by atoms with Gasteiger partial charge in [0.05, 0.1) is 11.6 Å². The number of nitrogens with one attached hydrogen (secondary N) is 1. The molecule has 0 fully saturated rings. The van der Waals surface area contributed by atoms with Crippen LogP contribution in [0.2, 0.25) is 5.15 Å². The van der Waals surface area contributed by atoms with Crippen molar-refractivity contribution in [1.82, 2.24) is 4.98 Å². The molecule has 0 aromatic carbocycles. The van der Waals surface area contributed by atoms with Crippen molar-refractivity contribution in [3.8, 4) is 0 Å². The van der Waals surface area contributed by atoms with Gasteiger partial charge in [-0.25, -0.2) is 4.98 Å². The van der Waals surface area contributed by atoms with Gasteiger partial charge in [-0.05, 0) is 41.4 Å². The average Bonchev–Trinajstić information content (AvgIpc) is 2.80. The number of halogens is 4. The lowest BCUT2D eigenvalue weighted by molar-refractivity contribution is -0.137. The zero-order valence-corrected chi connectivity index (χ0v) is 11.4. The average molecular weight is 307 g/mol. The van der Waals surface area contributed by atoms with Gasteiger partial charge in [0.15, 0.2) is 0 Å². The number of hydrogen-bond donors (Lipinski definition) is 1. The van der Waals surface area contributed by atoms with Crippen LogP contribution in [0.5, 0.6) is 0 Å². The van der Waals surface area contributed by atoms with E-state index in [0.717, 1.165) is 17.7 Å². The summed E-state index contributed by atoms with van der Waals surface area (Å²) in [6.45, 7) is 1.85. The predicted octanol–water partition coefficient (Wildman–Crippen LogP) is 4.99. The molecule has 0 bridgehead atoms. The van der Waals surface area contributed by atoms with E-state index < -0.39 is 11.7 Å². The van der Waals surface area contributed by atoms with Crippen LogP contribution in [0.25, 0.3) is 0 Å². The highest BCUT2D eigenvalue weighted by molar-refractivity contribution is 7.07. The lowest BCUT2D eigenvalue weighted by Crippen LogP contribution is -2.10. The Morgan fingerprint density at radius 1 is 1.37 bits per heavy atom. The first kappa shape index (κ1) is 14.1. The van der Waals surface area contributed by atoms with E-state index >= 15 is 0 Å². The van der Waals surface area contributed by atoms with Gasteiger partial charge in [0.25, 0.3) is 0 Å². The minimum absolute atomic E-state index is 0.110. The molecule has 0 aliphatic carbocycles. The summed E-state index contributed by atoms with van der Waals surface area (Å²) in [5.41, 5.74) is 0.174. The molecule has 2 rings (SSSR count). The summed E-state index contributed by atoms with van der Waals surface area (Å²) in [4.78, 5) is 3.85. The van der Waals surface area contributed by atoms with Crippen molar-refractivity contribution >= 4 is 28.8 Å². The molecule has 0 amide bonds. The normalized spacial score (nSPS) is 13.3. The van der Waals surface area contributed by atoms with Gasteiger partial charge in [0.2, 0.25) is 0 Å². The highest BCUT2D eigenvalue weighted by Gasteiger charge is 2.31. The largest absolute Gasteiger partial charge is 0.416 e. The zero-order chi connectivity index (χ0) is 14.0. The lowest BCUT2D eigenvalue weighted by atomic mass is 10.2. The fraction of sp³-hybridized carbons (Fsp3) is 0.250. The maximum Gasteiger partial charge on any atom is 0.416 e. The van der Waals surface area contributed by atoms with Crippen molar-refractivity contribution < 1.29 is 13.2 Å². The van der Waals surface area contributed by atoms with Crippen LogP contribution in [0.3, 0.4) is 0 Å². The van der Waals surface area contributed by atoms with E-state index in [4.69, 9.17) is 11.6 Å². The van der Waals surface area contributed by atoms with Gasteiger partial charge in [-0.1, -0.05) is 11.6 Å². The van der Waals surface area contributed by atoms with Crippen LogP contribution in [0, 0.1) is 0 Å². The molecule has 0 saturated heterocycles. The van der Waals surface area contributed by atoms with Crippen LogP contribution in [-0.4, -0.2) is 4.98 Å². The van der Waals surface area contributed by atoms with Crippen molar-refractivity contribution in [2.24, 2.45) is 0 Å². The molecule has 1 N–H and O–H groups in total. The minimum Gasteiger partial charge on any atom is -0.363 e. The second kappa shape index (κ2) is 5.38. The van der Waals surface area contributed by atoms with Crippen LogP contribution in [0.1, 0.15) is 24.1 Å². The van der Waals surface area contributed by atoms with E-state index in [9.17, 15) is 13.2 Å². The number of nitrogens with zero attached hydrogens (tertiary/aromatic N) is 1. The second-order valence-corrected chi connectivity index (χ2v) is 5.15. The van der Waals surface area contributed by atoms with Gasteiger partial charge in [-0.15, -0.1) is 0 Å². The van der Waals surface area contributed by atoms with Crippen molar-refractivity contribution in [2.75, 3.05) is 5.32 Å². The first-order chi connectivity index (χ1) is 8.86. The third-order valence-electron chi connectivity index (χ3n) is 2.53. The van der Waals surface area contributed by atoms with Gasteiger partial charge in [0, 0.05) is 0 Å². The smallest absolute Gasteiger partial charge is 0.363 e. The standard InChI is InChI=1S/C12H10ClF3N2S/c1-7(8-2-3-19-6-8)17-11-5-9(12(14,15)16)4-10(13)18-11/h2-7H,1H3,(H,17,18). The first-order valence-electron chi connectivity index (χ1n) is 5.39. The van der Waals surface area contributed by atoms with Crippen molar-refractivity contribution in [3.63, 3.8) is 0 Å². The van der Waals surface area contributed by atoms with Crippen molar-refractivity contribution in [2.45, 2.75) is 19.1 Å². The molecule has 0 aliphatic rings. The highest BCUT2D eigenvalue weighted by atomic mass is 35.5. The summed E-state index contributed by atoms with van der Waals surface area (Å²) in [7, 11) is 0. The summed E-state index contributed by atoms with van der Waals surface area (Å²) < 4.78 is 37.9. The Morgan fingerprint density at radius 3 is 2.68 bits per heavy atom. The van der Waals surface area contributed by atoms with E-state index in [-0.39, 0.29) is 17.0 Å². The predicted molar refractivity (Wildman–Crippen MR) is 70.6 cm³/mol. The molecule has 7 heteroatoms. The minimum atomic E-state index is -4.44. The molecule has 0 radical (unpaired) electrons. The molecule has 2 aromatic heterocycles. The number of anilines is 1. The van der Waals surface area contributed by atoms with Gasteiger partial charge in [0.1, 0.15) is 11.0 Å². The molecule has 102 valence electrons. The van der Waals surface area contributed by atoms with Crippen LogP contribution in [0.15, 0.2) is 29.0 Å². The Balaban J connectivity index is 2.23. The molecule has 2 nitrogen and oxygen atoms in total. The Hall–Kier alpha value is -1.27. The molecule has 0 aliphatic heterocycles. The Labute approximate surface area is 117 Å². The quantitative estimate of drug-likeness (QED) is 0.808. The van der Waals surface area contributed by atoms with Crippen LogP contribution in [-0.2, 0) is 6.18 Å². The molecule has 1 atom stereocenters. The number of hydrogen-bond acceptors (Lipinski definition) is 3. The SMILES string of the molecule is CC(Nc1cc(C(F)(F)F)cc(Cl)n1)c1ccsc1. The van der Waals surface area contributed by atoms with Gasteiger partial charge < -0.3 is 5.32 Å². The highest BCUT2D eigenvalue weighted by Crippen LogP contribution is 2.32. The fourth-order valence-corrected chi connectivity index (χ4v) is 2.52.